The highest BCUT2D eigenvalue weighted by Gasteiger charge is 2.16. The van der Waals surface area contributed by atoms with Gasteiger partial charge in [0, 0.05) is 30.2 Å². The van der Waals surface area contributed by atoms with E-state index in [1.807, 2.05) is 29.2 Å². The van der Waals surface area contributed by atoms with Gasteiger partial charge in [-0.1, -0.05) is 50.3 Å². The second-order valence-corrected chi connectivity index (χ2v) is 8.88. The number of aldehydes is 1. The van der Waals surface area contributed by atoms with Crippen molar-refractivity contribution in [2.75, 3.05) is 0 Å². The minimum atomic E-state index is 0.711. The van der Waals surface area contributed by atoms with Gasteiger partial charge in [-0.15, -0.1) is 11.3 Å². The molecule has 0 atom stereocenters. The molecular weight excluding hydrogens is 414 g/mol. The fourth-order valence-corrected chi connectivity index (χ4v) is 4.83. The van der Waals surface area contributed by atoms with Crippen LogP contribution in [-0.4, -0.2) is 20.4 Å². The van der Waals surface area contributed by atoms with Gasteiger partial charge in [-0.3, -0.25) is 4.79 Å². The Kier molecular flexibility index (Phi) is 6.66. The molecule has 3 heterocycles. The molecule has 1 aromatic carbocycles. The van der Waals surface area contributed by atoms with E-state index < -0.39 is 0 Å². The summed E-state index contributed by atoms with van der Waals surface area (Å²) in [6.45, 7) is 8.92. The first-order chi connectivity index (χ1) is 15.6. The van der Waals surface area contributed by atoms with Crippen molar-refractivity contribution in [3.63, 3.8) is 0 Å². The van der Waals surface area contributed by atoms with Gasteiger partial charge in [-0.2, -0.15) is 0 Å². The summed E-state index contributed by atoms with van der Waals surface area (Å²) in [7, 11) is 0. The normalized spacial score (nSPS) is 12.1. The molecule has 5 heteroatoms. The van der Waals surface area contributed by atoms with Crippen molar-refractivity contribution in [2.45, 2.75) is 33.2 Å². The molecule has 0 radical (unpaired) electrons. The molecule has 0 aliphatic heterocycles. The molecule has 0 spiro atoms. The predicted octanol–water partition coefficient (Wildman–Crippen LogP) is 7.15. The molecule has 0 amide bonds. The lowest BCUT2D eigenvalue weighted by atomic mass is 10.0. The SMILES string of the molecule is C=C/C=C(\C=C/CCC)Cn1c(-c2ccc(-n3ccnc3)cc2C)cc2sc(C=O)cc21. The predicted molar refractivity (Wildman–Crippen MR) is 135 cm³/mol. The summed E-state index contributed by atoms with van der Waals surface area (Å²) in [4.78, 5) is 16.3. The number of hydrogen-bond acceptors (Lipinski definition) is 3. The summed E-state index contributed by atoms with van der Waals surface area (Å²) >= 11 is 1.54. The van der Waals surface area contributed by atoms with E-state index in [1.165, 1.54) is 28.0 Å². The number of carbonyl (C=O) groups is 1. The number of thiophene rings is 1. The van der Waals surface area contributed by atoms with Crippen LogP contribution in [0.2, 0.25) is 0 Å². The standard InChI is InChI=1S/C27H27N3OS/c1-4-6-7-9-21(8-5-2)17-30-25(16-27-26(30)15-23(18-31)32-27)24-11-10-22(14-20(24)3)29-13-12-28-19-29/h5,7-16,18-19H,2,4,6,17H2,1,3H3/b9-7-,21-8+. The van der Waals surface area contributed by atoms with Crippen LogP contribution in [0.15, 0.2) is 85.5 Å². The topological polar surface area (TPSA) is 39.8 Å². The van der Waals surface area contributed by atoms with Crippen molar-refractivity contribution >= 4 is 27.8 Å². The number of nitrogens with zero attached hydrogens (tertiary/aromatic N) is 3. The lowest BCUT2D eigenvalue weighted by molar-refractivity contribution is 0.112. The minimum Gasteiger partial charge on any atom is -0.335 e. The molecule has 3 aromatic heterocycles. The van der Waals surface area contributed by atoms with Crippen LogP contribution in [0.5, 0.6) is 0 Å². The number of aryl methyl sites for hydroxylation is 1. The molecule has 0 saturated carbocycles. The van der Waals surface area contributed by atoms with E-state index in [0.717, 1.165) is 45.6 Å². The number of unbranched alkanes of at least 4 members (excludes halogenated alkanes) is 1. The average molecular weight is 442 g/mol. The third kappa shape index (κ3) is 4.43. The smallest absolute Gasteiger partial charge is 0.160 e. The van der Waals surface area contributed by atoms with Gasteiger partial charge in [0.2, 0.25) is 0 Å². The number of rotatable bonds is 9. The molecule has 32 heavy (non-hydrogen) atoms. The quantitative estimate of drug-likeness (QED) is 0.204. The lowest BCUT2D eigenvalue weighted by Crippen LogP contribution is -2.03. The number of imidazole rings is 1. The minimum absolute atomic E-state index is 0.711. The highest BCUT2D eigenvalue weighted by atomic mass is 32.1. The van der Waals surface area contributed by atoms with Gasteiger partial charge in [0.15, 0.2) is 6.29 Å². The summed E-state index contributed by atoms with van der Waals surface area (Å²) < 4.78 is 5.44. The summed E-state index contributed by atoms with van der Waals surface area (Å²) in [5, 5.41) is 0. The summed E-state index contributed by atoms with van der Waals surface area (Å²) in [6.07, 6.45) is 16.9. The van der Waals surface area contributed by atoms with E-state index in [-0.39, 0.29) is 0 Å². The molecule has 0 fully saturated rings. The van der Waals surface area contributed by atoms with Gasteiger partial charge in [0.1, 0.15) is 0 Å². The summed E-state index contributed by atoms with van der Waals surface area (Å²) in [5.74, 6) is 0. The Morgan fingerprint density at radius 1 is 1.25 bits per heavy atom. The van der Waals surface area contributed by atoms with E-state index in [1.54, 1.807) is 6.20 Å². The number of fused-ring (bicyclic) bond motifs is 1. The molecule has 0 unspecified atom stereocenters. The number of hydrogen-bond donors (Lipinski definition) is 0. The maximum Gasteiger partial charge on any atom is 0.160 e. The van der Waals surface area contributed by atoms with Crippen LogP contribution in [-0.2, 0) is 6.54 Å². The highest BCUT2D eigenvalue weighted by molar-refractivity contribution is 7.20. The molecule has 4 nitrogen and oxygen atoms in total. The van der Waals surface area contributed by atoms with Crippen LogP contribution < -0.4 is 0 Å². The third-order valence-corrected chi connectivity index (χ3v) is 6.47. The van der Waals surface area contributed by atoms with Crippen molar-refractivity contribution in [1.82, 2.24) is 14.1 Å². The van der Waals surface area contributed by atoms with Gasteiger partial charge in [0.25, 0.3) is 0 Å². The molecule has 0 aliphatic rings. The van der Waals surface area contributed by atoms with Crippen molar-refractivity contribution in [3.8, 4) is 16.9 Å². The number of allylic oxidation sites excluding steroid dienone is 5. The Morgan fingerprint density at radius 3 is 2.81 bits per heavy atom. The molecule has 4 rings (SSSR count). The van der Waals surface area contributed by atoms with Crippen LogP contribution in [0.4, 0.5) is 0 Å². The van der Waals surface area contributed by atoms with E-state index in [9.17, 15) is 4.79 Å². The van der Waals surface area contributed by atoms with Crippen LogP contribution in [0.1, 0.15) is 35.0 Å². The zero-order valence-electron chi connectivity index (χ0n) is 18.5. The van der Waals surface area contributed by atoms with Gasteiger partial charge in [0.05, 0.1) is 27.1 Å². The van der Waals surface area contributed by atoms with E-state index in [0.29, 0.717) is 6.54 Å². The van der Waals surface area contributed by atoms with Gasteiger partial charge < -0.3 is 9.13 Å². The lowest BCUT2D eigenvalue weighted by Gasteiger charge is -2.14. The fraction of sp³-hybridized carbons (Fsp3) is 0.185. The average Bonchev–Trinajstić information content (AvgIpc) is 3.52. The van der Waals surface area contributed by atoms with Crippen LogP contribution >= 0.6 is 11.3 Å². The van der Waals surface area contributed by atoms with E-state index in [2.05, 4.69) is 72.5 Å². The second-order valence-electron chi connectivity index (χ2n) is 7.77. The molecule has 0 N–H and O–H groups in total. The van der Waals surface area contributed by atoms with Crippen molar-refractivity contribution in [1.29, 1.82) is 0 Å². The first-order valence-corrected chi connectivity index (χ1v) is 11.6. The molecule has 0 aliphatic carbocycles. The van der Waals surface area contributed by atoms with Gasteiger partial charge >= 0.3 is 0 Å². The molecule has 0 saturated heterocycles. The summed E-state index contributed by atoms with van der Waals surface area (Å²) in [6, 6.07) is 10.7. The van der Waals surface area contributed by atoms with Gasteiger partial charge in [-0.05, 0) is 48.7 Å². The largest absolute Gasteiger partial charge is 0.335 e. The molecule has 0 bridgehead atoms. The molecule has 4 aromatic rings. The number of benzene rings is 1. The zero-order chi connectivity index (χ0) is 22.5. The highest BCUT2D eigenvalue weighted by Crippen LogP contribution is 2.36. The zero-order valence-corrected chi connectivity index (χ0v) is 19.3. The van der Waals surface area contributed by atoms with Crippen LogP contribution in [0.3, 0.4) is 0 Å². The van der Waals surface area contributed by atoms with Crippen LogP contribution in [0, 0.1) is 6.92 Å². The van der Waals surface area contributed by atoms with Crippen LogP contribution in [0.25, 0.3) is 27.2 Å². The van der Waals surface area contributed by atoms with E-state index >= 15 is 0 Å². The van der Waals surface area contributed by atoms with Crippen molar-refractivity contribution in [3.05, 3.63) is 95.9 Å². The second kappa shape index (κ2) is 9.79. The maximum absolute atomic E-state index is 11.4. The summed E-state index contributed by atoms with van der Waals surface area (Å²) in [5.41, 5.74) is 6.87. The Bertz CT molecular complexity index is 1300. The number of aromatic nitrogens is 3. The Morgan fingerprint density at radius 2 is 2.12 bits per heavy atom. The van der Waals surface area contributed by atoms with E-state index in [4.69, 9.17) is 0 Å². The third-order valence-electron chi connectivity index (χ3n) is 5.47. The Balaban J connectivity index is 1.81. The molecular formula is C27H27N3OS. The number of carbonyl (C=O) groups excluding carboxylic acids is 1. The van der Waals surface area contributed by atoms with Crippen molar-refractivity contribution in [2.24, 2.45) is 0 Å². The van der Waals surface area contributed by atoms with Crippen molar-refractivity contribution < 1.29 is 4.79 Å². The maximum atomic E-state index is 11.4. The Hall–Kier alpha value is -3.44. The van der Waals surface area contributed by atoms with Gasteiger partial charge in [-0.25, -0.2) is 4.98 Å². The Labute approximate surface area is 192 Å². The first-order valence-electron chi connectivity index (χ1n) is 10.8. The monoisotopic (exact) mass is 441 g/mol. The fourth-order valence-electron chi connectivity index (χ4n) is 3.92. The molecule has 162 valence electrons. The first kappa shape index (κ1) is 21.8.